The molecule has 2 atom stereocenters. The van der Waals surface area contributed by atoms with Crippen LogP contribution in [0.1, 0.15) is 25.1 Å². The third-order valence-electron chi connectivity index (χ3n) is 1.82. The molecule has 0 spiro atoms. The van der Waals surface area contributed by atoms with Gasteiger partial charge in [-0.2, -0.15) is 0 Å². The van der Waals surface area contributed by atoms with Gasteiger partial charge in [-0.1, -0.05) is 29.8 Å². The zero-order valence-corrected chi connectivity index (χ0v) is 8.26. The van der Waals surface area contributed by atoms with E-state index in [4.69, 9.17) is 17.3 Å². The second-order valence-electron chi connectivity index (χ2n) is 3.20. The van der Waals surface area contributed by atoms with Crippen molar-refractivity contribution in [1.82, 2.24) is 0 Å². The van der Waals surface area contributed by atoms with E-state index in [9.17, 15) is 4.39 Å². The van der Waals surface area contributed by atoms with Crippen LogP contribution < -0.4 is 5.73 Å². The third kappa shape index (κ3) is 2.98. The standard InChI is InChI=1S/C10H13ClFN/c1-7(13)6-10(12)8-4-2-3-5-9(8)11/h2-5,7,10H,6,13H2,1H3. The van der Waals surface area contributed by atoms with Gasteiger partial charge in [0, 0.05) is 16.6 Å². The molecule has 72 valence electrons. The van der Waals surface area contributed by atoms with Crippen LogP contribution in [0.15, 0.2) is 24.3 Å². The molecule has 3 heteroatoms. The summed E-state index contributed by atoms with van der Waals surface area (Å²) in [5, 5.41) is 0.468. The molecule has 0 saturated heterocycles. The van der Waals surface area contributed by atoms with E-state index in [1.165, 1.54) is 0 Å². The van der Waals surface area contributed by atoms with Crippen molar-refractivity contribution in [2.75, 3.05) is 0 Å². The molecule has 1 aromatic carbocycles. The summed E-state index contributed by atoms with van der Waals surface area (Å²) in [7, 11) is 0. The highest BCUT2D eigenvalue weighted by molar-refractivity contribution is 6.31. The molecule has 0 bridgehead atoms. The lowest BCUT2D eigenvalue weighted by Crippen LogP contribution is -2.17. The first-order chi connectivity index (χ1) is 6.11. The molecule has 0 aliphatic heterocycles. The molecule has 0 heterocycles. The van der Waals surface area contributed by atoms with E-state index >= 15 is 0 Å². The number of hydrogen-bond donors (Lipinski definition) is 1. The van der Waals surface area contributed by atoms with Crippen molar-refractivity contribution in [2.24, 2.45) is 5.73 Å². The van der Waals surface area contributed by atoms with Gasteiger partial charge >= 0.3 is 0 Å². The Hall–Kier alpha value is -0.600. The lowest BCUT2D eigenvalue weighted by molar-refractivity contribution is 0.307. The summed E-state index contributed by atoms with van der Waals surface area (Å²) >= 11 is 5.82. The van der Waals surface area contributed by atoms with Crippen molar-refractivity contribution in [2.45, 2.75) is 25.6 Å². The number of benzene rings is 1. The van der Waals surface area contributed by atoms with E-state index in [1.807, 2.05) is 0 Å². The van der Waals surface area contributed by atoms with Gasteiger partial charge in [-0.05, 0) is 19.4 Å². The molecule has 2 N–H and O–H groups in total. The van der Waals surface area contributed by atoms with Gasteiger partial charge in [-0.25, -0.2) is 4.39 Å². The maximum absolute atomic E-state index is 13.5. The van der Waals surface area contributed by atoms with Crippen LogP contribution in [0.4, 0.5) is 4.39 Å². The van der Waals surface area contributed by atoms with Crippen molar-refractivity contribution < 1.29 is 4.39 Å². The number of nitrogens with two attached hydrogens (primary N) is 1. The largest absolute Gasteiger partial charge is 0.328 e. The minimum Gasteiger partial charge on any atom is -0.328 e. The molecular weight excluding hydrogens is 189 g/mol. The molecule has 0 radical (unpaired) electrons. The van der Waals surface area contributed by atoms with E-state index in [0.29, 0.717) is 17.0 Å². The van der Waals surface area contributed by atoms with Gasteiger partial charge in [-0.15, -0.1) is 0 Å². The van der Waals surface area contributed by atoms with Crippen molar-refractivity contribution in [3.63, 3.8) is 0 Å². The van der Waals surface area contributed by atoms with E-state index in [2.05, 4.69) is 0 Å². The second-order valence-corrected chi connectivity index (χ2v) is 3.61. The minimum atomic E-state index is -1.06. The molecule has 0 aliphatic carbocycles. The van der Waals surface area contributed by atoms with Crippen LogP contribution in [0, 0.1) is 0 Å². The summed E-state index contributed by atoms with van der Waals surface area (Å²) in [5.41, 5.74) is 6.03. The fourth-order valence-electron chi connectivity index (χ4n) is 1.18. The van der Waals surface area contributed by atoms with E-state index < -0.39 is 6.17 Å². The molecule has 0 aromatic heterocycles. The molecule has 1 aromatic rings. The van der Waals surface area contributed by atoms with Gasteiger partial charge in [-0.3, -0.25) is 0 Å². The maximum atomic E-state index is 13.5. The Bertz CT molecular complexity index is 275. The first-order valence-electron chi connectivity index (χ1n) is 4.25. The number of alkyl halides is 1. The first kappa shape index (κ1) is 10.5. The Morgan fingerprint density at radius 2 is 2.08 bits per heavy atom. The quantitative estimate of drug-likeness (QED) is 0.799. The highest BCUT2D eigenvalue weighted by atomic mass is 35.5. The molecule has 1 nitrogen and oxygen atoms in total. The van der Waals surface area contributed by atoms with Crippen LogP contribution in [0.5, 0.6) is 0 Å². The Morgan fingerprint density at radius 1 is 1.46 bits per heavy atom. The molecule has 13 heavy (non-hydrogen) atoms. The summed E-state index contributed by atoms with van der Waals surface area (Å²) in [6.07, 6.45) is -0.752. The predicted molar refractivity (Wildman–Crippen MR) is 53.6 cm³/mol. The molecule has 0 aliphatic rings. The van der Waals surface area contributed by atoms with E-state index in [1.54, 1.807) is 31.2 Å². The Balaban J connectivity index is 2.76. The van der Waals surface area contributed by atoms with Gasteiger partial charge < -0.3 is 5.73 Å². The normalized spacial score (nSPS) is 15.4. The average Bonchev–Trinajstić information content (AvgIpc) is 2.03. The third-order valence-corrected chi connectivity index (χ3v) is 2.17. The lowest BCUT2D eigenvalue weighted by atomic mass is 10.0. The number of rotatable bonds is 3. The highest BCUT2D eigenvalue weighted by Crippen LogP contribution is 2.28. The molecule has 1 rings (SSSR count). The SMILES string of the molecule is CC(N)CC(F)c1ccccc1Cl. The van der Waals surface area contributed by atoms with Crippen LogP contribution >= 0.6 is 11.6 Å². The van der Waals surface area contributed by atoms with Crippen LogP contribution in [-0.2, 0) is 0 Å². The zero-order chi connectivity index (χ0) is 9.84. The summed E-state index contributed by atoms with van der Waals surface area (Å²) < 4.78 is 13.5. The van der Waals surface area contributed by atoms with Gasteiger partial charge in [0.05, 0.1) is 0 Å². The molecule has 0 fully saturated rings. The monoisotopic (exact) mass is 201 g/mol. The fraction of sp³-hybridized carbons (Fsp3) is 0.400. The van der Waals surface area contributed by atoms with Crippen molar-refractivity contribution in [3.05, 3.63) is 34.9 Å². The molecule has 0 amide bonds. The Labute approximate surface area is 82.7 Å². The fourth-order valence-corrected chi connectivity index (χ4v) is 1.44. The van der Waals surface area contributed by atoms with Crippen molar-refractivity contribution in [1.29, 1.82) is 0 Å². The zero-order valence-electron chi connectivity index (χ0n) is 7.50. The van der Waals surface area contributed by atoms with Gasteiger partial charge in [0.15, 0.2) is 0 Å². The van der Waals surface area contributed by atoms with Crippen LogP contribution in [0.25, 0.3) is 0 Å². The number of hydrogen-bond acceptors (Lipinski definition) is 1. The highest BCUT2D eigenvalue weighted by Gasteiger charge is 2.14. The van der Waals surface area contributed by atoms with Gasteiger partial charge in [0.2, 0.25) is 0 Å². The number of halogens is 2. The molecular formula is C10H13ClFN. The summed E-state index contributed by atoms with van der Waals surface area (Å²) in [6, 6.07) is 6.78. The summed E-state index contributed by atoms with van der Waals surface area (Å²) in [6.45, 7) is 1.78. The molecule has 0 saturated carbocycles. The summed E-state index contributed by atoms with van der Waals surface area (Å²) in [5.74, 6) is 0. The first-order valence-corrected chi connectivity index (χ1v) is 4.63. The van der Waals surface area contributed by atoms with Crippen LogP contribution in [-0.4, -0.2) is 6.04 Å². The van der Waals surface area contributed by atoms with Crippen molar-refractivity contribution in [3.8, 4) is 0 Å². The Morgan fingerprint density at radius 3 is 2.62 bits per heavy atom. The van der Waals surface area contributed by atoms with Gasteiger partial charge in [0.1, 0.15) is 6.17 Å². The van der Waals surface area contributed by atoms with Gasteiger partial charge in [0.25, 0.3) is 0 Å². The van der Waals surface area contributed by atoms with Crippen LogP contribution in [0.3, 0.4) is 0 Å². The molecule has 2 unspecified atom stereocenters. The minimum absolute atomic E-state index is 0.147. The van der Waals surface area contributed by atoms with Crippen LogP contribution in [0.2, 0.25) is 5.02 Å². The maximum Gasteiger partial charge on any atom is 0.128 e. The van der Waals surface area contributed by atoms with Crippen molar-refractivity contribution >= 4 is 11.6 Å². The van der Waals surface area contributed by atoms with E-state index in [-0.39, 0.29) is 6.04 Å². The average molecular weight is 202 g/mol. The lowest BCUT2D eigenvalue weighted by Gasteiger charge is -2.12. The summed E-state index contributed by atoms with van der Waals surface area (Å²) in [4.78, 5) is 0. The topological polar surface area (TPSA) is 26.0 Å². The second kappa shape index (κ2) is 4.58. The van der Waals surface area contributed by atoms with E-state index in [0.717, 1.165) is 0 Å². The predicted octanol–water partition coefficient (Wildman–Crippen LogP) is 3.09. The Kier molecular flexibility index (Phi) is 3.70. The smallest absolute Gasteiger partial charge is 0.128 e.